The minimum Gasteiger partial charge on any atom is -0.492 e. The molecule has 0 bridgehead atoms. The van der Waals surface area contributed by atoms with Crippen molar-refractivity contribution >= 4 is 15.8 Å². The van der Waals surface area contributed by atoms with Gasteiger partial charge in [0.25, 0.3) is 10.0 Å². The predicted octanol–water partition coefficient (Wildman–Crippen LogP) is 2.55. The molecule has 1 N–H and O–H groups in total. The highest BCUT2D eigenvalue weighted by atomic mass is 32.2. The molecule has 122 valence electrons. The highest BCUT2D eigenvalue weighted by Gasteiger charge is 2.25. The first-order valence-electron chi connectivity index (χ1n) is 7.69. The van der Waals surface area contributed by atoms with Gasteiger partial charge in [-0.15, -0.1) is 0 Å². The van der Waals surface area contributed by atoms with E-state index in [-0.39, 0.29) is 10.7 Å². The summed E-state index contributed by atoms with van der Waals surface area (Å²) in [6, 6.07) is 5.20. The van der Waals surface area contributed by atoms with Crippen molar-refractivity contribution in [3.63, 3.8) is 0 Å². The van der Waals surface area contributed by atoms with Gasteiger partial charge in [-0.3, -0.25) is 9.71 Å². The fourth-order valence-electron chi connectivity index (χ4n) is 2.62. The molecule has 1 aromatic carbocycles. The van der Waals surface area contributed by atoms with Gasteiger partial charge in [0.15, 0.2) is 5.82 Å². The molecule has 1 aliphatic rings. The second-order valence-corrected chi connectivity index (χ2v) is 7.05. The Labute approximate surface area is 136 Å². The first-order chi connectivity index (χ1) is 11.1. The van der Waals surface area contributed by atoms with Crippen LogP contribution >= 0.6 is 0 Å². The summed E-state index contributed by atoms with van der Waals surface area (Å²) in [6.45, 7) is 2.54. The average molecular weight is 333 g/mol. The lowest BCUT2D eigenvalue weighted by atomic mass is 10.1. The smallest absolute Gasteiger partial charge is 0.266 e. The zero-order chi connectivity index (χ0) is 16.3. The molecular weight excluding hydrogens is 314 g/mol. The Bertz CT molecular complexity index is 806. The van der Waals surface area contributed by atoms with Crippen molar-refractivity contribution in [2.45, 2.75) is 37.5 Å². The first kappa shape index (κ1) is 15.7. The monoisotopic (exact) mass is 333 g/mol. The topological polar surface area (TPSA) is 81.2 Å². The lowest BCUT2D eigenvalue weighted by Crippen LogP contribution is -2.19. The number of rotatable bonds is 5. The van der Waals surface area contributed by atoms with E-state index in [2.05, 4.69) is 14.7 Å². The molecule has 0 atom stereocenters. The van der Waals surface area contributed by atoms with Gasteiger partial charge in [-0.05, 0) is 30.9 Å². The molecule has 1 aromatic heterocycles. The Kier molecular flexibility index (Phi) is 4.47. The number of hydrogen-bond acceptors (Lipinski definition) is 5. The van der Waals surface area contributed by atoms with Gasteiger partial charge in [-0.1, -0.05) is 25.5 Å². The van der Waals surface area contributed by atoms with Gasteiger partial charge in [0.1, 0.15) is 10.6 Å². The largest absolute Gasteiger partial charge is 0.492 e. The van der Waals surface area contributed by atoms with Crippen LogP contribution in [0.2, 0.25) is 0 Å². The highest BCUT2D eigenvalue weighted by Crippen LogP contribution is 2.33. The van der Waals surface area contributed by atoms with Gasteiger partial charge < -0.3 is 4.74 Å². The SMILES string of the molecule is CCCc1nccnc1NS(=O)(=O)c1cccc2c1OCCC2. The molecule has 2 aromatic rings. The molecule has 0 saturated heterocycles. The number of sulfonamides is 1. The third kappa shape index (κ3) is 3.29. The molecule has 0 aliphatic carbocycles. The van der Waals surface area contributed by atoms with Crippen LogP contribution < -0.4 is 9.46 Å². The van der Waals surface area contributed by atoms with Crippen LogP contribution in [0.4, 0.5) is 5.82 Å². The van der Waals surface area contributed by atoms with Crippen LogP contribution in [0.5, 0.6) is 5.75 Å². The number of nitrogens with one attached hydrogen (secondary N) is 1. The number of para-hydroxylation sites is 1. The summed E-state index contributed by atoms with van der Waals surface area (Å²) in [5, 5.41) is 0. The molecule has 0 radical (unpaired) electrons. The second-order valence-electron chi connectivity index (χ2n) is 5.40. The van der Waals surface area contributed by atoms with E-state index >= 15 is 0 Å². The van der Waals surface area contributed by atoms with Crippen molar-refractivity contribution in [2.24, 2.45) is 0 Å². The predicted molar refractivity (Wildman–Crippen MR) is 87.1 cm³/mol. The van der Waals surface area contributed by atoms with Crippen LogP contribution in [-0.2, 0) is 22.9 Å². The fourth-order valence-corrected chi connectivity index (χ4v) is 3.85. The van der Waals surface area contributed by atoms with E-state index in [1.807, 2.05) is 13.0 Å². The van der Waals surface area contributed by atoms with E-state index in [1.165, 1.54) is 6.20 Å². The van der Waals surface area contributed by atoms with Gasteiger partial charge in [0.05, 0.1) is 12.3 Å². The second kappa shape index (κ2) is 6.54. The number of ether oxygens (including phenoxy) is 1. The molecule has 6 nitrogen and oxygen atoms in total. The van der Waals surface area contributed by atoms with Crippen molar-refractivity contribution in [3.05, 3.63) is 41.9 Å². The number of aryl methyl sites for hydroxylation is 2. The van der Waals surface area contributed by atoms with Gasteiger partial charge >= 0.3 is 0 Å². The zero-order valence-corrected chi connectivity index (χ0v) is 13.8. The Hall–Kier alpha value is -2.15. The molecule has 3 rings (SSSR count). The molecular formula is C16H19N3O3S. The van der Waals surface area contributed by atoms with Gasteiger partial charge in [-0.2, -0.15) is 0 Å². The van der Waals surface area contributed by atoms with Crippen molar-refractivity contribution in [1.29, 1.82) is 0 Å². The van der Waals surface area contributed by atoms with E-state index in [9.17, 15) is 8.42 Å². The number of hydrogen-bond donors (Lipinski definition) is 1. The molecule has 1 aliphatic heterocycles. The normalized spacial score (nSPS) is 14.0. The summed E-state index contributed by atoms with van der Waals surface area (Å²) < 4.78 is 33.7. The summed E-state index contributed by atoms with van der Waals surface area (Å²) >= 11 is 0. The van der Waals surface area contributed by atoms with Crippen molar-refractivity contribution in [2.75, 3.05) is 11.3 Å². The molecule has 0 spiro atoms. The Morgan fingerprint density at radius 3 is 2.91 bits per heavy atom. The molecule has 0 unspecified atom stereocenters. The fraction of sp³-hybridized carbons (Fsp3) is 0.375. The van der Waals surface area contributed by atoms with Crippen LogP contribution in [0.25, 0.3) is 0 Å². The van der Waals surface area contributed by atoms with Crippen LogP contribution in [0.1, 0.15) is 31.0 Å². The lowest BCUT2D eigenvalue weighted by Gasteiger charge is -2.20. The van der Waals surface area contributed by atoms with E-state index in [0.29, 0.717) is 24.5 Å². The van der Waals surface area contributed by atoms with Crippen LogP contribution in [0, 0.1) is 0 Å². The van der Waals surface area contributed by atoms with Crippen LogP contribution in [0.3, 0.4) is 0 Å². The molecule has 23 heavy (non-hydrogen) atoms. The summed E-state index contributed by atoms with van der Waals surface area (Å²) in [4.78, 5) is 8.49. The van der Waals surface area contributed by atoms with Crippen LogP contribution in [0.15, 0.2) is 35.5 Å². The van der Waals surface area contributed by atoms with Crippen LogP contribution in [-0.4, -0.2) is 25.0 Å². The molecule has 2 heterocycles. The maximum Gasteiger partial charge on any atom is 0.266 e. The minimum atomic E-state index is -3.77. The number of anilines is 1. The zero-order valence-electron chi connectivity index (χ0n) is 12.9. The molecule has 0 amide bonds. The minimum absolute atomic E-state index is 0.155. The molecule has 0 saturated carbocycles. The van der Waals surface area contributed by atoms with E-state index < -0.39 is 10.0 Å². The standard InChI is InChI=1S/C16H19N3O3S/c1-2-5-13-16(18-10-9-17-13)19-23(20,21)14-8-3-6-12-7-4-11-22-15(12)14/h3,6,8-10H,2,4-5,7,11H2,1H3,(H,18,19). The first-order valence-corrected chi connectivity index (χ1v) is 9.17. The Morgan fingerprint density at radius 2 is 2.09 bits per heavy atom. The maximum atomic E-state index is 12.8. The third-order valence-corrected chi connectivity index (χ3v) is 5.04. The third-order valence-electron chi connectivity index (χ3n) is 3.68. The average Bonchev–Trinajstić information content (AvgIpc) is 2.56. The quantitative estimate of drug-likeness (QED) is 0.909. The Morgan fingerprint density at radius 1 is 1.26 bits per heavy atom. The van der Waals surface area contributed by atoms with E-state index in [0.717, 1.165) is 24.8 Å². The number of fused-ring (bicyclic) bond motifs is 1. The number of nitrogens with zero attached hydrogens (tertiary/aromatic N) is 2. The summed E-state index contributed by atoms with van der Waals surface area (Å²) in [5.41, 5.74) is 1.57. The van der Waals surface area contributed by atoms with Crippen molar-refractivity contribution in [3.8, 4) is 5.75 Å². The lowest BCUT2D eigenvalue weighted by molar-refractivity contribution is 0.280. The maximum absolute atomic E-state index is 12.8. The van der Waals surface area contributed by atoms with E-state index in [1.54, 1.807) is 18.3 Å². The van der Waals surface area contributed by atoms with Gasteiger partial charge in [0.2, 0.25) is 0 Å². The highest BCUT2D eigenvalue weighted by molar-refractivity contribution is 7.92. The van der Waals surface area contributed by atoms with E-state index in [4.69, 9.17) is 4.74 Å². The summed E-state index contributed by atoms with van der Waals surface area (Å²) in [7, 11) is -3.77. The van der Waals surface area contributed by atoms with Crippen molar-refractivity contribution in [1.82, 2.24) is 9.97 Å². The van der Waals surface area contributed by atoms with Gasteiger partial charge in [0, 0.05) is 12.4 Å². The molecule has 7 heteroatoms. The number of benzene rings is 1. The summed E-state index contributed by atoms with van der Waals surface area (Å²) in [5.74, 6) is 0.731. The van der Waals surface area contributed by atoms with Crippen molar-refractivity contribution < 1.29 is 13.2 Å². The number of aromatic nitrogens is 2. The molecule has 0 fully saturated rings. The van der Waals surface area contributed by atoms with Gasteiger partial charge in [-0.25, -0.2) is 13.4 Å². The Balaban J connectivity index is 1.97. The summed E-state index contributed by atoms with van der Waals surface area (Å²) in [6.07, 6.45) is 6.29.